The quantitative estimate of drug-likeness (QED) is 0.796. The Morgan fingerprint density at radius 1 is 1.19 bits per heavy atom. The van der Waals surface area contributed by atoms with Gasteiger partial charge in [0.15, 0.2) is 6.61 Å². The van der Waals surface area contributed by atoms with Crippen LogP contribution in [0.5, 0.6) is 11.5 Å². The normalized spacial score (nSPS) is 9.95. The molecule has 0 aliphatic heterocycles. The predicted octanol–water partition coefficient (Wildman–Crippen LogP) is 1.97. The Kier molecular flexibility index (Phi) is 5.04. The topological polar surface area (TPSA) is 73.6 Å². The Balaban J connectivity index is 1.81. The summed E-state index contributed by atoms with van der Waals surface area (Å²) in [6.45, 7) is 0.393. The van der Waals surface area contributed by atoms with Crippen molar-refractivity contribution in [1.29, 1.82) is 0 Å². The first kappa shape index (κ1) is 14.7. The van der Waals surface area contributed by atoms with Gasteiger partial charge in [-0.05, 0) is 17.7 Å². The van der Waals surface area contributed by atoms with E-state index in [1.165, 1.54) is 0 Å². The highest BCUT2D eigenvalue weighted by Crippen LogP contribution is 2.25. The summed E-state index contributed by atoms with van der Waals surface area (Å²) < 4.78 is 10.4. The van der Waals surface area contributed by atoms with E-state index in [0.29, 0.717) is 23.7 Å². The summed E-state index contributed by atoms with van der Waals surface area (Å²) in [4.78, 5) is 11.7. The van der Waals surface area contributed by atoms with Gasteiger partial charge < -0.3 is 20.5 Å². The standard InChI is InChI=1S/C16H18N2O3/c1-20-13-7-8-15(14(17)9-13)21-11-16(19)18-10-12-5-3-2-4-6-12/h2-9H,10-11,17H2,1H3,(H,18,19). The number of nitrogen functional groups attached to an aromatic ring is 1. The Hall–Kier alpha value is -2.69. The number of hydrogen-bond donors (Lipinski definition) is 2. The number of carbonyl (C=O) groups excluding carboxylic acids is 1. The van der Waals surface area contributed by atoms with Crippen molar-refractivity contribution >= 4 is 11.6 Å². The third-order valence-electron chi connectivity index (χ3n) is 2.91. The molecule has 5 nitrogen and oxygen atoms in total. The molecule has 0 aliphatic rings. The number of nitrogens with one attached hydrogen (secondary N) is 1. The van der Waals surface area contributed by atoms with Gasteiger partial charge in [-0.2, -0.15) is 0 Å². The van der Waals surface area contributed by atoms with Crippen LogP contribution in [-0.4, -0.2) is 19.6 Å². The van der Waals surface area contributed by atoms with Gasteiger partial charge in [-0.15, -0.1) is 0 Å². The van der Waals surface area contributed by atoms with Gasteiger partial charge in [0, 0.05) is 12.6 Å². The number of anilines is 1. The van der Waals surface area contributed by atoms with Gasteiger partial charge in [-0.25, -0.2) is 0 Å². The van der Waals surface area contributed by atoms with E-state index < -0.39 is 0 Å². The van der Waals surface area contributed by atoms with E-state index in [4.69, 9.17) is 15.2 Å². The zero-order chi connectivity index (χ0) is 15.1. The molecule has 1 amide bonds. The molecule has 3 N–H and O–H groups in total. The lowest BCUT2D eigenvalue weighted by molar-refractivity contribution is -0.123. The summed E-state index contributed by atoms with van der Waals surface area (Å²) in [7, 11) is 1.56. The van der Waals surface area contributed by atoms with Gasteiger partial charge in [0.25, 0.3) is 5.91 Å². The van der Waals surface area contributed by atoms with Crippen LogP contribution < -0.4 is 20.5 Å². The number of nitrogens with two attached hydrogens (primary N) is 1. The Morgan fingerprint density at radius 3 is 2.62 bits per heavy atom. The Labute approximate surface area is 123 Å². The van der Waals surface area contributed by atoms with E-state index >= 15 is 0 Å². The number of ether oxygens (including phenoxy) is 2. The minimum atomic E-state index is -0.200. The average molecular weight is 286 g/mol. The fourth-order valence-electron chi connectivity index (χ4n) is 1.78. The second kappa shape index (κ2) is 7.19. The highest BCUT2D eigenvalue weighted by atomic mass is 16.5. The van der Waals surface area contributed by atoms with Crippen LogP contribution in [0.1, 0.15) is 5.56 Å². The number of carbonyl (C=O) groups is 1. The second-order valence-electron chi connectivity index (χ2n) is 4.45. The van der Waals surface area contributed by atoms with Crippen LogP contribution in [0.15, 0.2) is 48.5 Å². The van der Waals surface area contributed by atoms with E-state index in [2.05, 4.69) is 5.32 Å². The monoisotopic (exact) mass is 286 g/mol. The fourth-order valence-corrected chi connectivity index (χ4v) is 1.78. The van der Waals surface area contributed by atoms with Crippen molar-refractivity contribution in [2.45, 2.75) is 6.54 Å². The third-order valence-corrected chi connectivity index (χ3v) is 2.91. The van der Waals surface area contributed by atoms with Crippen LogP contribution in [-0.2, 0) is 11.3 Å². The molecule has 5 heteroatoms. The van der Waals surface area contributed by atoms with E-state index in [0.717, 1.165) is 5.56 Å². The van der Waals surface area contributed by atoms with Crippen LogP contribution in [0.4, 0.5) is 5.69 Å². The lowest BCUT2D eigenvalue weighted by atomic mass is 10.2. The van der Waals surface area contributed by atoms with Crippen molar-refractivity contribution < 1.29 is 14.3 Å². The maximum absolute atomic E-state index is 11.7. The molecule has 0 unspecified atom stereocenters. The molecule has 0 bridgehead atoms. The van der Waals surface area contributed by atoms with Gasteiger partial charge in [-0.1, -0.05) is 30.3 Å². The molecule has 0 spiro atoms. The zero-order valence-electron chi connectivity index (χ0n) is 11.8. The number of amides is 1. The van der Waals surface area contributed by atoms with Gasteiger partial charge in [0.1, 0.15) is 11.5 Å². The first-order valence-corrected chi connectivity index (χ1v) is 6.56. The molecule has 2 aromatic carbocycles. The summed E-state index contributed by atoms with van der Waals surface area (Å²) in [5, 5.41) is 2.78. The molecule has 2 rings (SSSR count). The van der Waals surface area contributed by atoms with Crippen LogP contribution in [0.25, 0.3) is 0 Å². The van der Waals surface area contributed by atoms with Crippen LogP contribution in [0, 0.1) is 0 Å². The van der Waals surface area contributed by atoms with Crippen molar-refractivity contribution in [1.82, 2.24) is 5.32 Å². The summed E-state index contributed by atoms with van der Waals surface area (Å²) >= 11 is 0. The molecule has 110 valence electrons. The number of methoxy groups -OCH3 is 1. The van der Waals surface area contributed by atoms with Gasteiger partial charge in [-0.3, -0.25) is 4.79 Å². The smallest absolute Gasteiger partial charge is 0.258 e. The van der Waals surface area contributed by atoms with Crippen molar-refractivity contribution in [3.05, 3.63) is 54.1 Å². The largest absolute Gasteiger partial charge is 0.497 e. The highest BCUT2D eigenvalue weighted by Gasteiger charge is 2.06. The SMILES string of the molecule is COc1ccc(OCC(=O)NCc2ccccc2)c(N)c1. The lowest BCUT2D eigenvalue weighted by Crippen LogP contribution is -2.28. The Morgan fingerprint density at radius 2 is 1.95 bits per heavy atom. The summed E-state index contributed by atoms with van der Waals surface area (Å²) in [6, 6.07) is 14.7. The molecule has 0 radical (unpaired) electrons. The molecule has 0 heterocycles. The van der Waals surface area contributed by atoms with E-state index in [-0.39, 0.29) is 12.5 Å². The molecule has 0 fully saturated rings. The maximum atomic E-state index is 11.7. The summed E-state index contributed by atoms with van der Waals surface area (Å²) in [5.74, 6) is 0.910. The van der Waals surface area contributed by atoms with Crippen molar-refractivity contribution in [3.63, 3.8) is 0 Å². The van der Waals surface area contributed by atoms with Crippen molar-refractivity contribution in [2.75, 3.05) is 19.5 Å². The number of hydrogen-bond acceptors (Lipinski definition) is 4. The minimum absolute atomic E-state index is 0.0800. The number of rotatable bonds is 6. The predicted molar refractivity (Wildman–Crippen MR) is 81.2 cm³/mol. The molecule has 0 saturated carbocycles. The average Bonchev–Trinajstić information content (AvgIpc) is 2.52. The van der Waals surface area contributed by atoms with Crippen molar-refractivity contribution in [3.8, 4) is 11.5 Å². The molecule has 2 aromatic rings. The van der Waals surface area contributed by atoms with Crippen LogP contribution >= 0.6 is 0 Å². The Bertz CT molecular complexity index is 600. The molecule has 0 aliphatic carbocycles. The second-order valence-corrected chi connectivity index (χ2v) is 4.45. The molecule has 21 heavy (non-hydrogen) atoms. The number of benzene rings is 2. The van der Waals surface area contributed by atoms with Gasteiger partial charge >= 0.3 is 0 Å². The highest BCUT2D eigenvalue weighted by molar-refractivity contribution is 5.77. The minimum Gasteiger partial charge on any atom is -0.497 e. The molecule has 0 atom stereocenters. The zero-order valence-corrected chi connectivity index (χ0v) is 11.8. The van der Waals surface area contributed by atoms with E-state index in [1.54, 1.807) is 25.3 Å². The molecular formula is C16H18N2O3. The first-order valence-electron chi connectivity index (χ1n) is 6.56. The van der Waals surface area contributed by atoms with E-state index in [9.17, 15) is 4.79 Å². The molecule has 0 aromatic heterocycles. The van der Waals surface area contributed by atoms with Gasteiger partial charge in [0.2, 0.25) is 0 Å². The fraction of sp³-hybridized carbons (Fsp3) is 0.188. The summed E-state index contributed by atoms with van der Waals surface area (Å²) in [6.07, 6.45) is 0. The van der Waals surface area contributed by atoms with Crippen LogP contribution in [0.2, 0.25) is 0 Å². The lowest BCUT2D eigenvalue weighted by Gasteiger charge is -2.10. The summed E-state index contributed by atoms with van der Waals surface area (Å²) in [5.41, 5.74) is 7.28. The van der Waals surface area contributed by atoms with Crippen LogP contribution in [0.3, 0.4) is 0 Å². The molecule has 0 saturated heterocycles. The van der Waals surface area contributed by atoms with Crippen molar-refractivity contribution in [2.24, 2.45) is 0 Å². The van der Waals surface area contributed by atoms with Gasteiger partial charge in [0.05, 0.1) is 12.8 Å². The molecular weight excluding hydrogens is 268 g/mol. The van der Waals surface area contributed by atoms with E-state index in [1.807, 2.05) is 30.3 Å². The third kappa shape index (κ3) is 4.42. The first-order chi connectivity index (χ1) is 10.2. The maximum Gasteiger partial charge on any atom is 0.258 e.